The number of hydrogen-bond acceptors (Lipinski definition) is 7. The largest absolute Gasteiger partial charge is 0.462 e. The Morgan fingerprint density at radius 3 is 2.94 bits per heavy atom. The number of esters is 1. The molecule has 9 heteroatoms. The quantitative estimate of drug-likeness (QED) is 0.292. The van der Waals surface area contributed by atoms with Gasteiger partial charge in [0, 0.05) is 36.1 Å². The second-order valence-electron chi connectivity index (χ2n) is 8.63. The van der Waals surface area contributed by atoms with Gasteiger partial charge in [0.2, 0.25) is 0 Å². The molecule has 0 bridgehead atoms. The van der Waals surface area contributed by atoms with Gasteiger partial charge in [-0.05, 0) is 63.8 Å². The van der Waals surface area contributed by atoms with Crippen LogP contribution in [0.5, 0.6) is 0 Å². The number of thiazole rings is 1. The van der Waals surface area contributed by atoms with Gasteiger partial charge in [-0.25, -0.2) is 14.5 Å². The van der Waals surface area contributed by atoms with E-state index in [4.69, 9.17) is 14.2 Å². The van der Waals surface area contributed by atoms with E-state index in [0.717, 1.165) is 58.9 Å². The second kappa shape index (κ2) is 10.3. The highest BCUT2D eigenvalue weighted by Gasteiger charge is 2.25. The number of ether oxygens (including phenoxy) is 3. The van der Waals surface area contributed by atoms with Crippen molar-refractivity contribution in [2.24, 2.45) is 0 Å². The van der Waals surface area contributed by atoms with Gasteiger partial charge in [0.15, 0.2) is 6.23 Å². The molecule has 0 aliphatic carbocycles. The van der Waals surface area contributed by atoms with Crippen LogP contribution in [0.4, 0.5) is 0 Å². The lowest BCUT2D eigenvalue weighted by Crippen LogP contribution is -2.19. The molecular weight excluding hydrogens is 464 g/mol. The van der Waals surface area contributed by atoms with Crippen LogP contribution in [0.3, 0.4) is 0 Å². The fraction of sp³-hybridized carbons (Fsp3) is 0.423. The predicted molar refractivity (Wildman–Crippen MR) is 133 cm³/mol. The van der Waals surface area contributed by atoms with Gasteiger partial charge in [0.05, 0.1) is 41.8 Å². The maximum atomic E-state index is 12.9. The normalized spacial score (nSPS) is 17.1. The lowest BCUT2D eigenvalue weighted by atomic mass is 10.0. The van der Waals surface area contributed by atoms with Crippen molar-refractivity contribution in [1.29, 1.82) is 0 Å². The number of carbonyl (C=O) groups excluding carboxylic acids is 1. The molecule has 0 N–H and O–H groups in total. The van der Waals surface area contributed by atoms with Crippen molar-refractivity contribution in [2.45, 2.75) is 59.0 Å². The number of nitrogens with zero attached hydrogens (tertiary/aromatic N) is 4. The van der Waals surface area contributed by atoms with Crippen LogP contribution in [0, 0.1) is 6.92 Å². The van der Waals surface area contributed by atoms with E-state index in [0.29, 0.717) is 18.8 Å². The summed E-state index contributed by atoms with van der Waals surface area (Å²) in [6, 6.07) is 5.98. The van der Waals surface area contributed by atoms with Gasteiger partial charge in [-0.15, -0.1) is 11.3 Å². The monoisotopic (exact) mass is 494 g/mol. The molecule has 5 rings (SSSR count). The zero-order valence-electron chi connectivity index (χ0n) is 20.3. The molecule has 1 aliphatic rings. The molecule has 184 valence electrons. The molecule has 5 heterocycles. The Kier molecular flexibility index (Phi) is 6.99. The van der Waals surface area contributed by atoms with Crippen molar-refractivity contribution in [1.82, 2.24) is 19.2 Å². The van der Waals surface area contributed by atoms with Crippen LogP contribution >= 0.6 is 11.3 Å². The lowest BCUT2D eigenvalue weighted by molar-refractivity contribution is -0.0383. The number of carbonyl (C=O) groups is 1. The number of fused-ring (bicyclic) bond motifs is 1. The minimum Gasteiger partial charge on any atom is -0.462 e. The van der Waals surface area contributed by atoms with Gasteiger partial charge in [-0.3, -0.25) is 0 Å². The summed E-state index contributed by atoms with van der Waals surface area (Å²) >= 11 is 1.56. The van der Waals surface area contributed by atoms with Gasteiger partial charge in [-0.2, -0.15) is 5.10 Å². The third-order valence-electron chi connectivity index (χ3n) is 6.45. The second-order valence-corrected chi connectivity index (χ2v) is 9.61. The molecule has 2 unspecified atom stereocenters. The molecule has 0 spiro atoms. The lowest BCUT2D eigenvalue weighted by Gasteiger charge is -2.24. The molecule has 0 aromatic carbocycles. The zero-order chi connectivity index (χ0) is 24.4. The maximum Gasteiger partial charge on any atom is 0.338 e. The van der Waals surface area contributed by atoms with E-state index in [2.05, 4.69) is 20.5 Å². The molecule has 0 saturated carbocycles. The summed E-state index contributed by atoms with van der Waals surface area (Å²) in [6.07, 6.45) is 8.37. The first-order valence-electron chi connectivity index (χ1n) is 12.1. The van der Waals surface area contributed by atoms with Gasteiger partial charge in [0.25, 0.3) is 0 Å². The molecule has 1 saturated heterocycles. The molecule has 35 heavy (non-hydrogen) atoms. The van der Waals surface area contributed by atoms with Gasteiger partial charge >= 0.3 is 5.97 Å². The molecular formula is C26H30N4O4S. The van der Waals surface area contributed by atoms with Crippen LogP contribution in [0.25, 0.3) is 16.8 Å². The van der Waals surface area contributed by atoms with Gasteiger partial charge < -0.3 is 18.6 Å². The molecule has 1 aliphatic heterocycles. The van der Waals surface area contributed by atoms with Crippen LogP contribution in [0.1, 0.15) is 72.1 Å². The van der Waals surface area contributed by atoms with E-state index >= 15 is 0 Å². The average molecular weight is 495 g/mol. The summed E-state index contributed by atoms with van der Waals surface area (Å²) in [5.74, 6) is -0.336. The van der Waals surface area contributed by atoms with E-state index in [-0.39, 0.29) is 18.3 Å². The van der Waals surface area contributed by atoms with E-state index in [1.807, 2.05) is 49.2 Å². The first kappa shape index (κ1) is 23.7. The molecule has 8 nitrogen and oxygen atoms in total. The number of rotatable bonds is 8. The SMILES string of the molecule is CCOC(=O)c1cc2c(-c3ccnn3C3CCCCO3)ccn2c(C(C)OCc2nccs2)c1C. The summed E-state index contributed by atoms with van der Waals surface area (Å²) < 4.78 is 21.7. The standard InChI is InChI=1S/C26H30N4O4S/c1-4-32-26(31)20-15-22-19(21-8-10-28-30(21)24-7-5-6-13-33-24)9-12-29(22)25(17(20)2)18(3)34-16-23-27-11-14-35-23/h8-12,14-15,18,24H,4-7,13,16H2,1-3H3. The van der Waals surface area contributed by atoms with Crippen molar-refractivity contribution in [3.63, 3.8) is 0 Å². The third-order valence-corrected chi connectivity index (χ3v) is 7.20. The van der Waals surface area contributed by atoms with Crippen LogP contribution in [-0.4, -0.2) is 38.3 Å². The summed E-state index contributed by atoms with van der Waals surface area (Å²) in [5, 5.41) is 7.43. The van der Waals surface area contributed by atoms with Crippen LogP contribution in [-0.2, 0) is 20.8 Å². The van der Waals surface area contributed by atoms with Crippen LogP contribution < -0.4 is 0 Å². The van der Waals surface area contributed by atoms with Crippen LogP contribution in [0.2, 0.25) is 0 Å². The van der Waals surface area contributed by atoms with Crippen molar-refractivity contribution in [3.05, 3.63) is 64.0 Å². The minimum atomic E-state index is -0.336. The molecule has 0 amide bonds. The predicted octanol–water partition coefficient (Wildman–Crippen LogP) is 5.72. The average Bonchev–Trinajstić information content (AvgIpc) is 3.63. The summed E-state index contributed by atoms with van der Waals surface area (Å²) in [6.45, 7) is 7.23. The third kappa shape index (κ3) is 4.63. The molecule has 2 atom stereocenters. The number of pyridine rings is 1. The van der Waals surface area contributed by atoms with E-state index in [1.165, 1.54) is 0 Å². The summed E-state index contributed by atoms with van der Waals surface area (Å²) in [5.41, 5.74) is 5.13. The molecule has 4 aromatic heterocycles. The summed E-state index contributed by atoms with van der Waals surface area (Å²) in [4.78, 5) is 17.3. The van der Waals surface area contributed by atoms with Crippen LogP contribution in [0.15, 0.2) is 42.2 Å². The number of hydrogen-bond donors (Lipinski definition) is 0. The van der Waals surface area contributed by atoms with E-state index < -0.39 is 0 Å². The highest BCUT2D eigenvalue weighted by molar-refractivity contribution is 7.09. The maximum absolute atomic E-state index is 12.9. The Morgan fingerprint density at radius 1 is 1.31 bits per heavy atom. The van der Waals surface area contributed by atoms with E-state index in [9.17, 15) is 4.79 Å². The van der Waals surface area contributed by atoms with Crippen molar-refractivity contribution in [3.8, 4) is 11.3 Å². The Labute approximate surface area is 208 Å². The molecule has 4 aromatic rings. The van der Waals surface area contributed by atoms with Gasteiger partial charge in [-0.1, -0.05) is 0 Å². The first-order chi connectivity index (χ1) is 17.1. The first-order valence-corrected chi connectivity index (χ1v) is 12.9. The Balaban J connectivity index is 1.60. The minimum absolute atomic E-state index is 0.0845. The molecule has 0 radical (unpaired) electrons. The van der Waals surface area contributed by atoms with Gasteiger partial charge in [0.1, 0.15) is 5.01 Å². The van der Waals surface area contributed by atoms with E-state index in [1.54, 1.807) is 23.7 Å². The Hall–Kier alpha value is -3.01. The Morgan fingerprint density at radius 2 is 2.20 bits per heavy atom. The smallest absolute Gasteiger partial charge is 0.338 e. The highest BCUT2D eigenvalue weighted by atomic mass is 32.1. The Bertz CT molecular complexity index is 1300. The molecule has 1 fully saturated rings. The summed E-state index contributed by atoms with van der Waals surface area (Å²) in [7, 11) is 0. The van der Waals surface area contributed by atoms with Crippen molar-refractivity contribution in [2.75, 3.05) is 13.2 Å². The fourth-order valence-electron chi connectivity index (χ4n) is 4.78. The highest BCUT2D eigenvalue weighted by Crippen LogP contribution is 2.35. The number of aromatic nitrogens is 4. The van der Waals surface area contributed by atoms with Crippen molar-refractivity contribution >= 4 is 22.8 Å². The van der Waals surface area contributed by atoms with Crippen molar-refractivity contribution < 1.29 is 19.0 Å². The fourth-order valence-corrected chi connectivity index (χ4v) is 5.31. The topological polar surface area (TPSA) is 79.9 Å². The zero-order valence-corrected chi connectivity index (χ0v) is 21.1.